The number of allylic oxidation sites excluding steroid dienone is 2. The van der Waals surface area contributed by atoms with Crippen LogP contribution in [0.4, 0.5) is 0 Å². The first-order valence-electron chi connectivity index (χ1n) is 8.36. The fourth-order valence-electron chi connectivity index (χ4n) is 2.83. The van der Waals surface area contributed by atoms with Crippen LogP contribution in [0.2, 0.25) is 0 Å². The summed E-state index contributed by atoms with van der Waals surface area (Å²) in [6, 6.07) is 11.4. The van der Waals surface area contributed by atoms with Crippen molar-refractivity contribution in [3.05, 3.63) is 71.4 Å². The number of nitrogens with zero attached hydrogens (tertiary/aromatic N) is 1. The molecule has 2 aromatic carbocycles. The number of benzene rings is 2. The molecule has 0 aliphatic carbocycles. The van der Waals surface area contributed by atoms with Crippen molar-refractivity contribution in [1.82, 2.24) is 0 Å². The summed E-state index contributed by atoms with van der Waals surface area (Å²) >= 11 is 0. The number of hydrogen-bond donors (Lipinski definition) is 4. The van der Waals surface area contributed by atoms with Crippen LogP contribution in [0, 0.1) is 5.41 Å². The van der Waals surface area contributed by atoms with E-state index in [2.05, 4.69) is 4.99 Å². The van der Waals surface area contributed by atoms with E-state index >= 15 is 0 Å². The van der Waals surface area contributed by atoms with E-state index in [-0.39, 0.29) is 11.5 Å². The van der Waals surface area contributed by atoms with Crippen molar-refractivity contribution >= 4 is 23.0 Å². The quantitative estimate of drug-likeness (QED) is 0.594. The standard InChI is InChI=1S/C21H18N2O5/c1-28-20-10-12(5-6-19(20)25)14-7-15(11-17(22)21(26)27)23-18(9-14)13-3-2-4-16(24)8-13/h2-6,8-11,22,24-25H,7H2,1H3,(H,26,27)/b15-11+,22-17?. The summed E-state index contributed by atoms with van der Waals surface area (Å²) in [5.74, 6) is -0.948. The van der Waals surface area contributed by atoms with Gasteiger partial charge in [-0.2, -0.15) is 0 Å². The van der Waals surface area contributed by atoms with Gasteiger partial charge in [-0.1, -0.05) is 18.2 Å². The fourth-order valence-corrected chi connectivity index (χ4v) is 2.83. The molecule has 142 valence electrons. The molecule has 0 fully saturated rings. The number of aliphatic imine (C=N–C) groups is 1. The Bertz CT molecular complexity index is 1050. The van der Waals surface area contributed by atoms with Crippen molar-refractivity contribution in [1.29, 1.82) is 5.41 Å². The smallest absolute Gasteiger partial charge is 0.353 e. The second-order valence-electron chi connectivity index (χ2n) is 6.13. The molecule has 4 N–H and O–H groups in total. The molecule has 1 heterocycles. The predicted molar refractivity (Wildman–Crippen MR) is 105 cm³/mol. The summed E-state index contributed by atoms with van der Waals surface area (Å²) in [7, 11) is 1.45. The Labute approximate surface area is 161 Å². The van der Waals surface area contributed by atoms with Crippen molar-refractivity contribution in [2.24, 2.45) is 4.99 Å². The molecule has 28 heavy (non-hydrogen) atoms. The van der Waals surface area contributed by atoms with Crippen LogP contribution in [0.15, 0.2) is 65.3 Å². The zero-order chi connectivity index (χ0) is 20.3. The number of aromatic hydroxyl groups is 2. The summed E-state index contributed by atoms with van der Waals surface area (Å²) < 4.78 is 5.16. The molecule has 2 aromatic rings. The first-order valence-corrected chi connectivity index (χ1v) is 8.36. The molecule has 1 aliphatic rings. The van der Waals surface area contributed by atoms with Gasteiger partial charge in [0.1, 0.15) is 11.5 Å². The highest BCUT2D eigenvalue weighted by atomic mass is 16.5. The number of hydrogen-bond acceptors (Lipinski definition) is 6. The summed E-state index contributed by atoms with van der Waals surface area (Å²) in [5, 5.41) is 36.2. The molecule has 1 aliphatic heterocycles. The Balaban J connectivity index is 2.10. The number of phenols is 2. The molecule has 0 saturated carbocycles. The Hall–Kier alpha value is -3.87. The molecular formula is C21H18N2O5. The van der Waals surface area contributed by atoms with Crippen LogP contribution in [0.25, 0.3) is 5.57 Å². The van der Waals surface area contributed by atoms with E-state index in [1.54, 1.807) is 36.4 Å². The lowest BCUT2D eigenvalue weighted by Crippen LogP contribution is -2.11. The van der Waals surface area contributed by atoms with Crippen LogP contribution in [0.1, 0.15) is 17.5 Å². The van der Waals surface area contributed by atoms with Crippen molar-refractivity contribution in [3.63, 3.8) is 0 Å². The summed E-state index contributed by atoms with van der Waals surface area (Å²) in [6.45, 7) is 0. The van der Waals surface area contributed by atoms with Crippen LogP contribution in [0.3, 0.4) is 0 Å². The van der Waals surface area contributed by atoms with Gasteiger partial charge < -0.3 is 20.1 Å². The van der Waals surface area contributed by atoms with Crippen LogP contribution in [0.5, 0.6) is 17.2 Å². The lowest BCUT2D eigenvalue weighted by atomic mass is 9.94. The van der Waals surface area contributed by atoms with Gasteiger partial charge in [-0.3, -0.25) is 10.4 Å². The van der Waals surface area contributed by atoms with Crippen LogP contribution in [-0.2, 0) is 4.79 Å². The zero-order valence-electron chi connectivity index (χ0n) is 15.0. The van der Waals surface area contributed by atoms with Gasteiger partial charge in [0, 0.05) is 17.7 Å². The summed E-state index contributed by atoms with van der Waals surface area (Å²) in [6.07, 6.45) is 3.32. The lowest BCUT2D eigenvalue weighted by molar-refractivity contribution is -0.129. The predicted octanol–water partition coefficient (Wildman–Crippen LogP) is 3.37. The van der Waals surface area contributed by atoms with E-state index in [1.165, 1.54) is 19.3 Å². The number of carboxylic acid groups (broad SMARTS) is 1. The van der Waals surface area contributed by atoms with Crippen LogP contribution < -0.4 is 4.74 Å². The molecule has 7 heteroatoms. The van der Waals surface area contributed by atoms with Gasteiger partial charge in [0.15, 0.2) is 11.5 Å². The van der Waals surface area contributed by atoms with Gasteiger partial charge in [-0.25, -0.2) is 4.79 Å². The third-order valence-corrected chi connectivity index (χ3v) is 4.18. The number of carboxylic acids is 1. The molecule has 0 bridgehead atoms. The molecule has 0 aromatic heterocycles. The van der Waals surface area contributed by atoms with Crippen molar-refractivity contribution in [3.8, 4) is 17.2 Å². The third kappa shape index (κ3) is 4.09. The Morgan fingerprint density at radius 2 is 1.96 bits per heavy atom. The number of rotatable bonds is 5. The lowest BCUT2D eigenvalue weighted by Gasteiger charge is -2.17. The number of nitrogens with one attached hydrogen (secondary N) is 1. The van der Waals surface area contributed by atoms with E-state index in [9.17, 15) is 15.0 Å². The van der Waals surface area contributed by atoms with E-state index in [0.717, 1.165) is 11.1 Å². The van der Waals surface area contributed by atoms with Gasteiger partial charge in [0.05, 0.1) is 12.8 Å². The van der Waals surface area contributed by atoms with Crippen molar-refractivity contribution in [2.75, 3.05) is 7.11 Å². The highest BCUT2D eigenvalue weighted by Crippen LogP contribution is 2.34. The van der Waals surface area contributed by atoms with E-state index < -0.39 is 11.7 Å². The zero-order valence-corrected chi connectivity index (χ0v) is 15.0. The summed E-state index contributed by atoms with van der Waals surface area (Å²) in [4.78, 5) is 15.5. The summed E-state index contributed by atoms with van der Waals surface area (Å²) in [5.41, 5.74) is 2.56. The molecule has 0 saturated heterocycles. The molecule has 0 atom stereocenters. The molecule has 0 unspecified atom stereocenters. The molecule has 7 nitrogen and oxygen atoms in total. The minimum Gasteiger partial charge on any atom is -0.508 e. The van der Waals surface area contributed by atoms with E-state index in [0.29, 0.717) is 29.1 Å². The Morgan fingerprint density at radius 3 is 2.64 bits per heavy atom. The Kier molecular flexibility index (Phi) is 5.26. The molecule has 0 amide bonds. The molecular weight excluding hydrogens is 360 g/mol. The SMILES string of the molecule is COc1cc(C2=CC(c3cccc(O)c3)=N/C(=C/C(=N)C(=O)O)C2)ccc1O. The second kappa shape index (κ2) is 7.79. The number of carbonyl (C=O) groups is 1. The maximum atomic E-state index is 11.0. The number of aliphatic carboxylic acids is 1. The average molecular weight is 378 g/mol. The second-order valence-corrected chi connectivity index (χ2v) is 6.13. The maximum absolute atomic E-state index is 11.0. The minimum atomic E-state index is -1.34. The normalized spacial score (nSPS) is 15.0. The van der Waals surface area contributed by atoms with Crippen molar-refractivity contribution in [2.45, 2.75) is 6.42 Å². The highest BCUT2D eigenvalue weighted by molar-refractivity contribution is 6.39. The van der Waals surface area contributed by atoms with Crippen LogP contribution >= 0.6 is 0 Å². The van der Waals surface area contributed by atoms with Gasteiger partial charge in [-0.15, -0.1) is 0 Å². The third-order valence-electron chi connectivity index (χ3n) is 4.18. The number of methoxy groups -OCH3 is 1. The number of ether oxygens (including phenoxy) is 1. The Morgan fingerprint density at radius 1 is 1.18 bits per heavy atom. The van der Waals surface area contributed by atoms with Gasteiger partial charge in [-0.05, 0) is 47.6 Å². The molecule has 0 spiro atoms. The maximum Gasteiger partial charge on any atom is 0.353 e. The van der Waals surface area contributed by atoms with Gasteiger partial charge in [0.2, 0.25) is 0 Å². The molecule has 0 radical (unpaired) electrons. The largest absolute Gasteiger partial charge is 0.508 e. The van der Waals surface area contributed by atoms with Gasteiger partial charge >= 0.3 is 5.97 Å². The first-order chi connectivity index (χ1) is 13.4. The number of dihydropyridines is 1. The topological polar surface area (TPSA) is 123 Å². The monoisotopic (exact) mass is 378 g/mol. The molecule has 3 rings (SSSR count). The fraction of sp³-hybridized carbons (Fsp3) is 0.0952. The highest BCUT2D eigenvalue weighted by Gasteiger charge is 2.17. The van der Waals surface area contributed by atoms with E-state index in [1.807, 2.05) is 6.08 Å². The average Bonchev–Trinajstić information content (AvgIpc) is 2.68. The van der Waals surface area contributed by atoms with Crippen LogP contribution in [-0.4, -0.2) is 39.8 Å². The first kappa shape index (κ1) is 18.9. The van der Waals surface area contributed by atoms with Crippen molar-refractivity contribution < 1.29 is 24.9 Å². The van der Waals surface area contributed by atoms with E-state index in [4.69, 9.17) is 15.3 Å². The van der Waals surface area contributed by atoms with Gasteiger partial charge in [0.25, 0.3) is 0 Å². The minimum absolute atomic E-state index is 0.00736. The number of phenolic OH excluding ortho intramolecular Hbond substituents is 2.